The summed E-state index contributed by atoms with van der Waals surface area (Å²) in [6.07, 6.45) is 0.817. The molecule has 0 aromatic heterocycles. The van der Waals surface area contributed by atoms with Crippen LogP contribution in [0.1, 0.15) is 22.8 Å². The number of hydrogen-bond donors (Lipinski definition) is 1. The molecule has 0 aliphatic heterocycles. The molecule has 1 N–H and O–H groups in total. The average Bonchev–Trinajstić information content (AvgIpc) is 2.29. The Balaban J connectivity index is 2.68. The Morgan fingerprint density at radius 2 is 2.00 bits per heavy atom. The number of ether oxygens (including phenoxy) is 1. The molecule has 1 rings (SSSR count). The second-order valence-electron chi connectivity index (χ2n) is 3.68. The van der Waals surface area contributed by atoms with Gasteiger partial charge >= 0.3 is 5.97 Å². The highest BCUT2D eigenvalue weighted by molar-refractivity contribution is 5.89. The summed E-state index contributed by atoms with van der Waals surface area (Å²) in [7, 11) is 1.37. The third-order valence-electron chi connectivity index (χ3n) is 2.27. The van der Waals surface area contributed by atoms with E-state index in [9.17, 15) is 4.79 Å². The lowest BCUT2D eigenvalue weighted by molar-refractivity contribution is 0.0600. The zero-order valence-electron chi connectivity index (χ0n) is 9.06. The summed E-state index contributed by atoms with van der Waals surface area (Å²) < 4.78 is 4.60. The first-order chi connectivity index (χ1) is 7.17. The van der Waals surface area contributed by atoms with Crippen LogP contribution < -0.4 is 0 Å². The minimum Gasteiger partial charge on any atom is -0.465 e. The van der Waals surface area contributed by atoms with Crippen LogP contribution in [0.2, 0.25) is 0 Å². The molecule has 0 heterocycles. The largest absolute Gasteiger partial charge is 0.465 e. The molecule has 1 aromatic rings. The number of carbonyl (C=O) groups is 1. The van der Waals surface area contributed by atoms with Crippen LogP contribution in [-0.2, 0) is 11.2 Å². The molecule has 1 atom stereocenters. The van der Waals surface area contributed by atoms with Crippen LogP contribution in [0.25, 0.3) is 0 Å². The quantitative estimate of drug-likeness (QED) is 0.765. The van der Waals surface area contributed by atoms with Gasteiger partial charge in [0.15, 0.2) is 0 Å². The van der Waals surface area contributed by atoms with Crippen LogP contribution in [0, 0.1) is 5.92 Å². The second-order valence-corrected chi connectivity index (χ2v) is 3.68. The lowest BCUT2D eigenvalue weighted by Gasteiger charge is -2.07. The van der Waals surface area contributed by atoms with E-state index in [2.05, 4.69) is 4.74 Å². The molecule has 15 heavy (non-hydrogen) atoms. The van der Waals surface area contributed by atoms with Gasteiger partial charge in [-0.05, 0) is 30.0 Å². The Bertz CT molecular complexity index is 316. The van der Waals surface area contributed by atoms with Crippen molar-refractivity contribution >= 4 is 5.97 Å². The summed E-state index contributed by atoms with van der Waals surface area (Å²) in [4.78, 5) is 11.1. The van der Waals surface area contributed by atoms with E-state index in [0.717, 1.165) is 12.0 Å². The Morgan fingerprint density at radius 3 is 2.47 bits per heavy atom. The van der Waals surface area contributed by atoms with Crippen molar-refractivity contribution in [3.8, 4) is 0 Å². The van der Waals surface area contributed by atoms with E-state index in [1.807, 2.05) is 19.1 Å². The fourth-order valence-corrected chi connectivity index (χ4v) is 1.36. The molecule has 0 radical (unpaired) electrons. The summed E-state index contributed by atoms with van der Waals surface area (Å²) in [5.41, 5.74) is 1.67. The van der Waals surface area contributed by atoms with Gasteiger partial charge in [0.2, 0.25) is 0 Å². The highest BCUT2D eigenvalue weighted by atomic mass is 16.5. The first-order valence-corrected chi connectivity index (χ1v) is 4.95. The van der Waals surface area contributed by atoms with Crippen LogP contribution >= 0.6 is 0 Å². The van der Waals surface area contributed by atoms with E-state index in [1.165, 1.54) is 7.11 Å². The van der Waals surface area contributed by atoms with E-state index in [4.69, 9.17) is 5.11 Å². The third-order valence-corrected chi connectivity index (χ3v) is 2.27. The van der Waals surface area contributed by atoms with Gasteiger partial charge in [0, 0.05) is 6.61 Å². The lowest BCUT2D eigenvalue weighted by Crippen LogP contribution is -2.05. The number of aliphatic hydroxyl groups excluding tert-OH is 1. The van der Waals surface area contributed by atoms with E-state index >= 15 is 0 Å². The molecular weight excluding hydrogens is 192 g/mol. The van der Waals surface area contributed by atoms with Gasteiger partial charge in [-0.2, -0.15) is 0 Å². The van der Waals surface area contributed by atoms with Gasteiger partial charge < -0.3 is 9.84 Å². The lowest BCUT2D eigenvalue weighted by atomic mass is 10.0. The molecule has 82 valence electrons. The molecule has 0 saturated carbocycles. The van der Waals surface area contributed by atoms with E-state index < -0.39 is 0 Å². The maximum atomic E-state index is 11.1. The maximum absolute atomic E-state index is 11.1. The number of esters is 1. The monoisotopic (exact) mass is 208 g/mol. The van der Waals surface area contributed by atoms with Gasteiger partial charge in [0.25, 0.3) is 0 Å². The van der Waals surface area contributed by atoms with Crippen LogP contribution in [0.3, 0.4) is 0 Å². The molecule has 0 amide bonds. The number of carbonyl (C=O) groups excluding carboxylic acids is 1. The Morgan fingerprint density at radius 1 is 1.40 bits per heavy atom. The Kier molecular flexibility index (Phi) is 4.31. The maximum Gasteiger partial charge on any atom is 0.337 e. The van der Waals surface area contributed by atoms with E-state index in [-0.39, 0.29) is 18.5 Å². The minimum absolute atomic E-state index is 0.179. The van der Waals surface area contributed by atoms with Crippen molar-refractivity contribution in [2.75, 3.05) is 13.7 Å². The van der Waals surface area contributed by atoms with Crippen molar-refractivity contribution in [3.05, 3.63) is 35.4 Å². The smallest absolute Gasteiger partial charge is 0.337 e. The van der Waals surface area contributed by atoms with Gasteiger partial charge in [0.05, 0.1) is 12.7 Å². The molecular formula is C12H16O3. The molecule has 3 heteroatoms. The highest BCUT2D eigenvalue weighted by Crippen LogP contribution is 2.10. The van der Waals surface area contributed by atoms with Crippen LogP contribution in [0.15, 0.2) is 24.3 Å². The first-order valence-electron chi connectivity index (χ1n) is 4.95. The Hall–Kier alpha value is -1.35. The van der Waals surface area contributed by atoms with Crippen molar-refractivity contribution in [2.45, 2.75) is 13.3 Å². The highest BCUT2D eigenvalue weighted by Gasteiger charge is 2.06. The van der Waals surface area contributed by atoms with Crippen LogP contribution in [0.4, 0.5) is 0 Å². The summed E-state index contributed by atoms with van der Waals surface area (Å²) in [5, 5.41) is 8.90. The van der Waals surface area contributed by atoms with Crippen molar-refractivity contribution in [1.29, 1.82) is 0 Å². The van der Waals surface area contributed by atoms with E-state index in [0.29, 0.717) is 5.56 Å². The first kappa shape index (κ1) is 11.7. The number of rotatable bonds is 4. The summed E-state index contributed by atoms with van der Waals surface area (Å²) in [5.74, 6) is -0.0780. The van der Waals surface area contributed by atoms with Gasteiger partial charge in [0.1, 0.15) is 0 Å². The standard InChI is InChI=1S/C12H16O3/c1-9(8-13)7-10-3-5-11(6-4-10)12(14)15-2/h3-6,9,13H,7-8H2,1-2H3. The zero-order valence-corrected chi connectivity index (χ0v) is 9.06. The predicted octanol–water partition coefficient (Wildman–Crippen LogP) is 1.64. The Labute approximate surface area is 89.7 Å². The van der Waals surface area contributed by atoms with Crippen molar-refractivity contribution < 1.29 is 14.6 Å². The molecule has 0 bridgehead atoms. The summed E-state index contributed by atoms with van der Waals surface area (Å²) in [6, 6.07) is 7.26. The second kappa shape index (κ2) is 5.51. The zero-order chi connectivity index (χ0) is 11.3. The topological polar surface area (TPSA) is 46.5 Å². The van der Waals surface area contributed by atoms with Gasteiger partial charge in [-0.15, -0.1) is 0 Å². The SMILES string of the molecule is COC(=O)c1ccc(CC(C)CO)cc1. The summed E-state index contributed by atoms with van der Waals surface area (Å²) in [6.45, 7) is 2.16. The van der Waals surface area contributed by atoms with Gasteiger partial charge in [-0.3, -0.25) is 0 Å². The fraction of sp³-hybridized carbons (Fsp3) is 0.417. The normalized spacial score (nSPS) is 12.2. The molecule has 3 nitrogen and oxygen atoms in total. The number of aliphatic hydroxyl groups is 1. The number of benzene rings is 1. The molecule has 0 fully saturated rings. The average molecular weight is 208 g/mol. The molecule has 0 aliphatic rings. The van der Waals surface area contributed by atoms with Crippen molar-refractivity contribution in [3.63, 3.8) is 0 Å². The minimum atomic E-state index is -0.322. The van der Waals surface area contributed by atoms with Crippen LogP contribution in [-0.4, -0.2) is 24.8 Å². The molecule has 0 saturated heterocycles. The van der Waals surface area contributed by atoms with Gasteiger partial charge in [-0.1, -0.05) is 19.1 Å². The number of hydrogen-bond acceptors (Lipinski definition) is 3. The van der Waals surface area contributed by atoms with Gasteiger partial charge in [-0.25, -0.2) is 4.79 Å². The molecule has 1 unspecified atom stereocenters. The van der Waals surface area contributed by atoms with Crippen LogP contribution in [0.5, 0.6) is 0 Å². The summed E-state index contributed by atoms with van der Waals surface area (Å²) >= 11 is 0. The fourth-order valence-electron chi connectivity index (χ4n) is 1.36. The number of methoxy groups -OCH3 is 1. The third kappa shape index (κ3) is 3.36. The van der Waals surface area contributed by atoms with Crippen molar-refractivity contribution in [1.82, 2.24) is 0 Å². The molecule has 0 spiro atoms. The van der Waals surface area contributed by atoms with E-state index in [1.54, 1.807) is 12.1 Å². The van der Waals surface area contributed by atoms with Crippen molar-refractivity contribution in [2.24, 2.45) is 5.92 Å². The molecule has 0 aliphatic carbocycles. The predicted molar refractivity (Wildman–Crippen MR) is 57.7 cm³/mol. The molecule has 1 aromatic carbocycles.